The van der Waals surface area contributed by atoms with Crippen LogP contribution in [-0.2, 0) is 6.54 Å². The van der Waals surface area contributed by atoms with Crippen molar-refractivity contribution in [2.24, 2.45) is 0 Å². The molecular formula is C20H31N5O. The summed E-state index contributed by atoms with van der Waals surface area (Å²) in [6.45, 7) is 8.92. The number of hydrogen-bond donors (Lipinski definition) is 1. The highest BCUT2D eigenvalue weighted by molar-refractivity contribution is 5.95. The lowest BCUT2D eigenvalue weighted by Crippen LogP contribution is -2.28. The minimum absolute atomic E-state index is 0.0374. The molecule has 142 valence electrons. The Morgan fingerprint density at radius 3 is 2.62 bits per heavy atom. The van der Waals surface area contributed by atoms with Crippen molar-refractivity contribution in [2.75, 3.05) is 7.05 Å². The van der Waals surface area contributed by atoms with E-state index in [0.717, 1.165) is 41.1 Å². The number of aryl methyl sites for hydroxylation is 1. The molecule has 1 amide bonds. The van der Waals surface area contributed by atoms with E-state index in [9.17, 15) is 4.79 Å². The maximum atomic E-state index is 13.1. The van der Waals surface area contributed by atoms with Crippen LogP contribution < -0.4 is 0 Å². The molecule has 0 bridgehead atoms. The van der Waals surface area contributed by atoms with Crippen LogP contribution in [0.3, 0.4) is 0 Å². The van der Waals surface area contributed by atoms with E-state index in [0.29, 0.717) is 18.5 Å². The van der Waals surface area contributed by atoms with Crippen LogP contribution in [0.15, 0.2) is 6.20 Å². The molecule has 1 N–H and O–H groups in total. The summed E-state index contributed by atoms with van der Waals surface area (Å²) in [6.07, 6.45) is 7.75. The largest absolute Gasteiger partial charge is 0.337 e. The maximum Gasteiger partial charge on any atom is 0.257 e. The molecule has 0 aliphatic heterocycles. The van der Waals surface area contributed by atoms with Gasteiger partial charge in [0.25, 0.3) is 5.91 Å². The van der Waals surface area contributed by atoms with Crippen molar-refractivity contribution in [2.45, 2.75) is 78.3 Å². The maximum absolute atomic E-state index is 13.1. The van der Waals surface area contributed by atoms with Crippen LogP contribution in [0.4, 0.5) is 0 Å². The molecule has 2 aromatic rings. The average Bonchev–Trinajstić information content (AvgIpc) is 3.22. The van der Waals surface area contributed by atoms with Crippen molar-refractivity contribution in [1.82, 2.24) is 24.9 Å². The van der Waals surface area contributed by atoms with Crippen molar-refractivity contribution in [3.8, 4) is 0 Å². The summed E-state index contributed by atoms with van der Waals surface area (Å²) in [5.74, 6) is 0.473. The van der Waals surface area contributed by atoms with E-state index in [-0.39, 0.29) is 5.91 Å². The van der Waals surface area contributed by atoms with Crippen molar-refractivity contribution < 1.29 is 4.79 Å². The summed E-state index contributed by atoms with van der Waals surface area (Å²) in [4.78, 5) is 14.9. The molecule has 0 aromatic carbocycles. The van der Waals surface area contributed by atoms with Crippen LogP contribution in [0.2, 0.25) is 0 Å². The molecule has 3 rings (SSSR count). The van der Waals surface area contributed by atoms with E-state index in [1.807, 2.05) is 18.7 Å². The fraction of sp³-hybridized carbons (Fsp3) is 0.650. The molecule has 0 atom stereocenters. The second kappa shape index (κ2) is 7.64. The lowest BCUT2D eigenvalue weighted by atomic mass is 9.85. The zero-order valence-corrected chi connectivity index (χ0v) is 16.7. The number of nitrogens with one attached hydrogen (secondary N) is 1. The zero-order chi connectivity index (χ0) is 18.8. The van der Waals surface area contributed by atoms with Crippen LogP contribution >= 0.6 is 0 Å². The smallest absolute Gasteiger partial charge is 0.257 e. The summed E-state index contributed by atoms with van der Waals surface area (Å²) in [7, 11) is 1.87. The minimum Gasteiger partial charge on any atom is -0.337 e. The highest BCUT2D eigenvalue weighted by Gasteiger charge is 2.26. The molecule has 0 radical (unpaired) electrons. The second-order valence-electron chi connectivity index (χ2n) is 7.88. The van der Waals surface area contributed by atoms with E-state index in [4.69, 9.17) is 0 Å². The zero-order valence-electron chi connectivity index (χ0n) is 16.7. The number of amides is 1. The van der Waals surface area contributed by atoms with Gasteiger partial charge in [-0.3, -0.25) is 14.6 Å². The first-order valence-electron chi connectivity index (χ1n) is 9.73. The number of nitrogens with zero attached hydrogens (tertiary/aromatic N) is 4. The van der Waals surface area contributed by atoms with Gasteiger partial charge < -0.3 is 4.90 Å². The second-order valence-corrected chi connectivity index (χ2v) is 7.88. The molecule has 2 aromatic heterocycles. The van der Waals surface area contributed by atoms with E-state index in [1.54, 1.807) is 11.1 Å². The Morgan fingerprint density at radius 2 is 2.00 bits per heavy atom. The summed E-state index contributed by atoms with van der Waals surface area (Å²) < 4.78 is 2.04. The van der Waals surface area contributed by atoms with Gasteiger partial charge in [-0.05, 0) is 40.5 Å². The van der Waals surface area contributed by atoms with Crippen LogP contribution in [-0.4, -0.2) is 37.8 Å². The van der Waals surface area contributed by atoms with Crippen molar-refractivity contribution in [1.29, 1.82) is 0 Å². The molecule has 6 nitrogen and oxygen atoms in total. The molecule has 1 fully saturated rings. The molecule has 26 heavy (non-hydrogen) atoms. The Labute approximate surface area is 156 Å². The van der Waals surface area contributed by atoms with Gasteiger partial charge in [-0.15, -0.1) is 0 Å². The van der Waals surface area contributed by atoms with Crippen LogP contribution in [0.1, 0.15) is 90.9 Å². The SMILES string of the molecule is Cc1nn(C(C)C)c(C)c1CN(C)C(=O)c1cn[nH]c1C1CCCCC1. The molecule has 0 unspecified atom stereocenters. The van der Waals surface area contributed by atoms with Gasteiger partial charge in [0.05, 0.1) is 23.1 Å². The number of carbonyl (C=O) groups excluding carboxylic acids is 1. The number of H-pyrrole nitrogens is 1. The van der Waals surface area contributed by atoms with Gasteiger partial charge in [-0.25, -0.2) is 0 Å². The van der Waals surface area contributed by atoms with Crippen LogP contribution in [0.5, 0.6) is 0 Å². The van der Waals surface area contributed by atoms with E-state index < -0.39 is 0 Å². The lowest BCUT2D eigenvalue weighted by molar-refractivity contribution is 0.0783. The van der Waals surface area contributed by atoms with Gasteiger partial charge in [-0.2, -0.15) is 10.2 Å². The number of rotatable bonds is 5. The van der Waals surface area contributed by atoms with Crippen molar-refractivity contribution in [3.05, 3.63) is 34.4 Å². The molecular weight excluding hydrogens is 326 g/mol. The number of aromatic amines is 1. The third-order valence-electron chi connectivity index (χ3n) is 5.62. The monoisotopic (exact) mass is 357 g/mol. The highest BCUT2D eigenvalue weighted by Crippen LogP contribution is 2.33. The normalized spacial score (nSPS) is 15.6. The van der Waals surface area contributed by atoms with Gasteiger partial charge in [0.15, 0.2) is 0 Å². The molecule has 1 saturated carbocycles. The fourth-order valence-corrected chi connectivity index (χ4v) is 4.11. The molecule has 0 saturated heterocycles. The first-order valence-corrected chi connectivity index (χ1v) is 9.73. The minimum atomic E-state index is 0.0374. The number of aromatic nitrogens is 4. The summed E-state index contributed by atoms with van der Waals surface area (Å²) in [6, 6.07) is 0.315. The Morgan fingerprint density at radius 1 is 1.31 bits per heavy atom. The lowest BCUT2D eigenvalue weighted by Gasteiger charge is -2.23. The summed E-state index contributed by atoms with van der Waals surface area (Å²) in [5, 5.41) is 11.9. The molecule has 2 heterocycles. The third kappa shape index (κ3) is 3.55. The third-order valence-corrected chi connectivity index (χ3v) is 5.62. The average molecular weight is 358 g/mol. The standard InChI is InChI=1S/C20H31N5O/c1-13(2)25-15(4)18(14(3)23-25)12-24(5)20(26)17-11-21-22-19(17)16-9-7-6-8-10-16/h11,13,16H,6-10,12H2,1-5H3,(H,21,22). The van der Waals surface area contributed by atoms with Gasteiger partial charge in [0.1, 0.15) is 0 Å². The van der Waals surface area contributed by atoms with Crippen LogP contribution in [0.25, 0.3) is 0 Å². The first-order chi connectivity index (χ1) is 12.4. The number of carbonyl (C=O) groups is 1. The predicted octanol–water partition coefficient (Wildman–Crippen LogP) is 4.12. The summed E-state index contributed by atoms with van der Waals surface area (Å²) in [5.41, 5.74) is 5.02. The topological polar surface area (TPSA) is 66.8 Å². The quantitative estimate of drug-likeness (QED) is 0.875. The molecule has 6 heteroatoms. The van der Waals surface area contributed by atoms with Gasteiger partial charge in [-0.1, -0.05) is 19.3 Å². The van der Waals surface area contributed by atoms with Crippen LogP contribution in [0, 0.1) is 13.8 Å². The van der Waals surface area contributed by atoms with Gasteiger partial charge in [0, 0.05) is 36.8 Å². The highest BCUT2D eigenvalue weighted by atomic mass is 16.2. The van der Waals surface area contributed by atoms with E-state index >= 15 is 0 Å². The Kier molecular flexibility index (Phi) is 5.49. The fourth-order valence-electron chi connectivity index (χ4n) is 4.11. The first kappa shape index (κ1) is 18.7. The summed E-state index contributed by atoms with van der Waals surface area (Å²) >= 11 is 0. The predicted molar refractivity (Wildman–Crippen MR) is 102 cm³/mol. The van der Waals surface area contributed by atoms with Crippen molar-refractivity contribution in [3.63, 3.8) is 0 Å². The molecule has 1 aliphatic rings. The van der Waals surface area contributed by atoms with Gasteiger partial charge >= 0.3 is 0 Å². The molecule has 1 aliphatic carbocycles. The van der Waals surface area contributed by atoms with E-state index in [2.05, 4.69) is 36.1 Å². The number of hydrogen-bond acceptors (Lipinski definition) is 3. The Balaban J connectivity index is 1.78. The van der Waals surface area contributed by atoms with E-state index in [1.165, 1.54) is 19.3 Å². The molecule has 0 spiro atoms. The van der Waals surface area contributed by atoms with Crippen molar-refractivity contribution >= 4 is 5.91 Å². The van der Waals surface area contributed by atoms with Gasteiger partial charge in [0.2, 0.25) is 0 Å². The Bertz CT molecular complexity index is 767. The Hall–Kier alpha value is -2.11.